The number of halogens is 1. The molecule has 0 aliphatic carbocycles. The maximum Gasteiger partial charge on any atom is 0.0750 e. The van der Waals surface area contributed by atoms with Crippen LogP contribution in [0.25, 0.3) is 0 Å². The molecule has 1 N–H and O–H groups in total. The zero-order valence-electron chi connectivity index (χ0n) is 13.2. The van der Waals surface area contributed by atoms with Crippen molar-refractivity contribution in [3.8, 4) is 0 Å². The predicted molar refractivity (Wildman–Crippen MR) is 90.3 cm³/mol. The minimum absolute atomic E-state index is 0.361. The maximum atomic E-state index is 6.22. The number of ether oxygens (including phenoxy) is 1. The number of benzene rings is 1. The fourth-order valence-corrected chi connectivity index (χ4v) is 2.98. The Morgan fingerprint density at radius 3 is 2.90 bits per heavy atom. The first-order valence-electron chi connectivity index (χ1n) is 8.10. The van der Waals surface area contributed by atoms with Crippen molar-refractivity contribution in [2.45, 2.75) is 45.8 Å². The van der Waals surface area contributed by atoms with E-state index in [2.05, 4.69) is 36.2 Å². The molecule has 1 aromatic carbocycles. The number of nitrogens with zero attached hydrogens (tertiary/aromatic N) is 1. The molecule has 3 nitrogen and oxygen atoms in total. The predicted octanol–water partition coefficient (Wildman–Crippen LogP) is 3.84. The lowest BCUT2D eigenvalue weighted by atomic mass is 10.1. The lowest BCUT2D eigenvalue weighted by molar-refractivity contribution is 0.115. The van der Waals surface area contributed by atoms with Gasteiger partial charge < -0.3 is 15.0 Å². The Labute approximate surface area is 133 Å². The van der Waals surface area contributed by atoms with Crippen LogP contribution in [0.3, 0.4) is 0 Å². The first-order valence-corrected chi connectivity index (χ1v) is 8.48. The van der Waals surface area contributed by atoms with Gasteiger partial charge in [-0.05, 0) is 50.4 Å². The lowest BCUT2D eigenvalue weighted by Gasteiger charge is -2.28. The van der Waals surface area contributed by atoms with Gasteiger partial charge in [0.15, 0.2) is 0 Å². The average molecular weight is 311 g/mol. The first kappa shape index (κ1) is 16.6. The summed E-state index contributed by atoms with van der Waals surface area (Å²) in [6.45, 7) is 9.15. The van der Waals surface area contributed by atoms with Crippen LogP contribution in [0, 0.1) is 0 Å². The fraction of sp³-hybridized carbons (Fsp3) is 0.647. The molecule has 1 saturated heterocycles. The Kier molecular flexibility index (Phi) is 6.81. The van der Waals surface area contributed by atoms with Crippen molar-refractivity contribution in [3.63, 3.8) is 0 Å². The number of hydrogen-bond donors (Lipinski definition) is 1. The molecular weight excluding hydrogens is 284 g/mol. The van der Waals surface area contributed by atoms with Gasteiger partial charge in [0.05, 0.1) is 6.10 Å². The summed E-state index contributed by atoms with van der Waals surface area (Å²) >= 11 is 6.22. The van der Waals surface area contributed by atoms with Crippen LogP contribution in [-0.4, -0.2) is 32.3 Å². The Bertz CT molecular complexity index is 433. The van der Waals surface area contributed by atoms with Crippen molar-refractivity contribution >= 4 is 17.3 Å². The summed E-state index contributed by atoms with van der Waals surface area (Å²) in [6.07, 6.45) is 3.86. The highest BCUT2D eigenvalue weighted by Gasteiger charge is 2.20. The molecule has 1 heterocycles. The molecule has 118 valence electrons. The summed E-state index contributed by atoms with van der Waals surface area (Å²) in [6, 6.07) is 6.20. The molecule has 0 spiro atoms. The van der Waals surface area contributed by atoms with E-state index in [-0.39, 0.29) is 0 Å². The number of rotatable bonds is 8. The second-order valence-electron chi connectivity index (χ2n) is 5.62. The summed E-state index contributed by atoms with van der Waals surface area (Å²) in [5, 5.41) is 4.28. The van der Waals surface area contributed by atoms with Crippen molar-refractivity contribution < 1.29 is 4.74 Å². The van der Waals surface area contributed by atoms with Crippen LogP contribution in [0.15, 0.2) is 18.2 Å². The fourth-order valence-electron chi connectivity index (χ4n) is 2.81. The molecule has 2 rings (SSSR count). The van der Waals surface area contributed by atoms with Crippen LogP contribution in [0.1, 0.15) is 38.7 Å². The maximum absolute atomic E-state index is 6.22. The third kappa shape index (κ3) is 4.87. The Morgan fingerprint density at radius 2 is 2.24 bits per heavy atom. The molecule has 0 aromatic heterocycles. The van der Waals surface area contributed by atoms with Gasteiger partial charge in [-0.1, -0.05) is 24.6 Å². The van der Waals surface area contributed by atoms with Gasteiger partial charge in [0, 0.05) is 37.0 Å². The van der Waals surface area contributed by atoms with Gasteiger partial charge in [-0.15, -0.1) is 0 Å². The van der Waals surface area contributed by atoms with Crippen LogP contribution >= 0.6 is 11.6 Å². The van der Waals surface area contributed by atoms with E-state index >= 15 is 0 Å². The van der Waals surface area contributed by atoms with E-state index in [1.54, 1.807) is 0 Å². The molecule has 1 fully saturated rings. The third-order valence-electron chi connectivity index (χ3n) is 3.96. The SMILES string of the molecule is CCCNCc1ccc(Cl)cc1N(CC)CC1CCCO1. The highest BCUT2D eigenvalue weighted by Crippen LogP contribution is 2.26. The normalized spacial score (nSPS) is 18.1. The minimum atomic E-state index is 0.361. The molecule has 21 heavy (non-hydrogen) atoms. The summed E-state index contributed by atoms with van der Waals surface area (Å²) in [5.74, 6) is 0. The van der Waals surface area contributed by atoms with Crippen molar-refractivity contribution in [1.29, 1.82) is 0 Å². The Morgan fingerprint density at radius 1 is 1.38 bits per heavy atom. The van der Waals surface area contributed by atoms with Gasteiger partial charge in [-0.2, -0.15) is 0 Å². The summed E-state index contributed by atoms with van der Waals surface area (Å²) < 4.78 is 5.79. The molecule has 0 amide bonds. The molecule has 0 bridgehead atoms. The molecule has 1 aromatic rings. The molecule has 1 aliphatic heterocycles. The van der Waals surface area contributed by atoms with Crippen LogP contribution in [0.5, 0.6) is 0 Å². The highest BCUT2D eigenvalue weighted by molar-refractivity contribution is 6.30. The molecular formula is C17H27ClN2O. The molecule has 0 radical (unpaired) electrons. The summed E-state index contributed by atoms with van der Waals surface area (Å²) in [7, 11) is 0. The number of hydrogen-bond acceptors (Lipinski definition) is 3. The third-order valence-corrected chi connectivity index (χ3v) is 4.20. The second-order valence-corrected chi connectivity index (χ2v) is 6.06. The highest BCUT2D eigenvalue weighted by atomic mass is 35.5. The molecule has 1 atom stereocenters. The van der Waals surface area contributed by atoms with E-state index in [4.69, 9.17) is 16.3 Å². The molecule has 0 saturated carbocycles. The van der Waals surface area contributed by atoms with Crippen LogP contribution in [0.2, 0.25) is 5.02 Å². The number of anilines is 1. The van der Waals surface area contributed by atoms with E-state index in [9.17, 15) is 0 Å². The van der Waals surface area contributed by atoms with Crippen LogP contribution < -0.4 is 10.2 Å². The van der Waals surface area contributed by atoms with Crippen LogP contribution in [0.4, 0.5) is 5.69 Å². The first-order chi connectivity index (χ1) is 10.2. The van der Waals surface area contributed by atoms with Gasteiger partial charge >= 0.3 is 0 Å². The summed E-state index contributed by atoms with van der Waals surface area (Å²) in [5.41, 5.74) is 2.55. The van der Waals surface area contributed by atoms with Gasteiger partial charge in [-0.25, -0.2) is 0 Å². The van der Waals surface area contributed by atoms with Crippen LogP contribution in [-0.2, 0) is 11.3 Å². The van der Waals surface area contributed by atoms with Crippen molar-refractivity contribution in [2.24, 2.45) is 0 Å². The smallest absolute Gasteiger partial charge is 0.0750 e. The van der Waals surface area contributed by atoms with E-state index < -0.39 is 0 Å². The monoisotopic (exact) mass is 310 g/mol. The standard InChI is InChI=1S/C17H27ClN2O/c1-3-9-19-12-14-7-8-15(18)11-17(14)20(4-2)13-16-6-5-10-21-16/h7-8,11,16,19H,3-6,9-10,12-13H2,1-2H3. The molecule has 1 unspecified atom stereocenters. The quantitative estimate of drug-likeness (QED) is 0.738. The van der Waals surface area contributed by atoms with E-state index in [1.165, 1.54) is 24.1 Å². The zero-order valence-corrected chi connectivity index (χ0v) is 14.0. The summed E-state index contributed by atoms with van der Waals surface area (Å²) in [4.78, 5) is 2.39. The van der Waals surface area contributed by atoms with E-state index in [0.717, 1.165) is 44.2 Å². The largest absolute Gasteiger partial charge is 0.376 e. The lowest BCUT2D eigenvalue weighted by Crippen LogP contribution is -2.33. The van der Waals surface area contributed by atoms with Crippen molar-refractivity contribution in [3.05, 3.63) is 28.8 Å². The molecule has 1 aliphatic rings. The topological polar surface area (TPSA) is 24.5 Å². The van der Waals surface area contributed by atoms with Gasteiger partial charge in [0.25, 0.3) is 0 Å². The zero-order chi connectivity index (χ0) is 15.1. The number of likely N-dealkylation sites (N-methyl/N-ethyl adjacent to an activating group) is 1. The van der Waals surface area contributed by atoms with Gasteiger partial charge in [0.1, 0.15) is 0 Å². The van der Waals surface area contributed by atoms with E-state index in [0.29, 0.717) is 6.10 Å². The molecule has 4 heteroatoms. The van der Waals surface area contributed by atoms with Gasteiger partial charge in [-0.3, -0.25) is 0 Å². The average Bonchev–Trinajstić information content (AvgIpc) is 2.99. The van der Waals surface area contributed by atoms with E-state index in [1.807, 2.05) is 6.07 Å². The number of nitrogens with one attached hydrogen (secondary N) is 1. The van der Waals surface area contributed by atoms with Crippen molar-refractivity contribution in [1.82, 2.24) is 5.32 Å². The van der Waals surface area contributed by atoms with Gasteiger partial charge in [0.2, 0.25) is 0 Å². The Balaban J connectivity index is 2.10. The second kappa shape index (κ2) is 8.62. The minimum Gasteiger partial charge on any atom is -0.376 e. The van der Waals surface area contributed by atoms with Crippen molar-refractivity contribution in [2.75, 3.05) is 31.1 Å². The Hall–Kier alpha value is -0.770.